The molecule has 1 aromatic heterocycles. The summed E-state index contributed by atoms with van der Waals surface area (Å²) in [6.45, 7) is 0. The molecule has 0 radical (unpaired) electrons. The van der Waals surface area contributed by atoms with Gasteiger partial charge in [0.25, 0.3) is 0 Å². The van der Waals surface area contributed by atoms with E-state index < -0.39 is 5.82 Å². The molecule has 0 aliphatic heterocycles. The molecule has 0 unspecified atom stereocenters. The monoisotopic (exact) mass is 210 g/mol. The fourth-order valence-electron chi connectivity index (χ4n) is 1.37. The first-order valence-corrected chi connectivity index (χ1v) is 4.71. The van der Waals surface area contributed by atoms with Crippen molar-refractivity contribution >= 4 is 10.9 Å². The van der Waals surface area contributed by atoms with E-state index in [-0.39, 0.29) is 6.42 Å². The zero-order chi connectivity index (χ0) is 11.4. The van der Waals surface area contributed by atoms with Gasteiger partial charge in [-0.2, -0.15) is 5.26 Å². The number of aromatic nitrogens is 1. The van der Waals surface area contributed by atoms with Crippen LogP contribution in [0.1, 0.15) is 12.0 Å². The molecule has 2 nitrogen and oxygen atoms in total. The molecule has 0 N–H and O–H groups in total. The molecule has 0 aliphatic carbocycles. The van der Waals surface area contributed by atoms with Gasteiger partial charge < -0.3 is 0 Å². The van der Waals surface area contributed by atoms with E-state index in [1.807, 2.05) is 12.1 Å². The number of nitrogens with zero attached hydrogens (tertiary/aromatic N) is 2. The van der Waals surface area contributed by atoms with Crippen molar-refractivity contribution in [1.29, 1.82) is 5.26 Å². The van der Waals surface area contributed by atoms with Gasteiger partial charge in [-0.05, 0) is 12.1 Å². The minimum absolute atomic E-state index is 0.102. The van der Waals surface area contributed by atoms with Gasteiger partial charge in [-0.25, -0.2) is 4.39 Å². The van der Waals surface area contributed by atoms with Gasteiger partial charge in [0.2, 0.25) is 0 Å². The van der Waals surface area contributed by atoms with Crippen molar-refractivity contribution in [2.45, 2.75) is 6.42 Å². The molecule has 0 bridgehead atoms. The van der Waals surface area contributed by atoms with Crippen LogP contribution in [0.4, 0.5) is 4.39 Å². The van der Waals surface area contributed by atoms with Crippen LogP contribution < -0.4 is 0 Å². The zero-order valence-corrected chi connectivity index (χ0v) is 8.37. The summed E-state index contributed by atoms with van der Waals surface area (Å²) in [6, 6.07) is 8.51. The Kier molecular flexibility index (Phi) is 2.80. The van der Waals surface area contributed by atoms with Gasteiger partial charge in [0, 0.05) is 17.6 Å². The first-order valence-electron chi connectivity index (χ1n) is 4.71. The van der Waals surface area contributed by atoms with Crippen LogP contribution in [-0.2, 0) is 0 Å². The highest BCUT2D eigenvalue weighted by molar-refractivity contribution is 5.80. The van der Waals surface area contributed by atoms with Gasteiger partial charge in [0.1, 0.15) is 5.82 Å². The van der Waals surface area contributed by atoms with Crippen molar-refractivity contribution in [1.82, 2.24) is 4.98 Å². The third-order valence-electron chi connectivity index (χ3n) is 2.08. The largest absolute Gasteiger partial charge is 0.256 e. The van der Waals surface area contributed by atoms with E-state index in [9.17, 15) is 4.39 Å². The second-order valence-electron chi connectivity index (χ2n) is 3.16. The fourth-order valence-corrected chi connectivity index (χ4v) is 1.37. The van der Waals surface area contributed by atoms with Crippen molar-refractivity contribution < 1.29 is 4.39 Å². The summed E-state index contributed by atoms with van der Waals surface area (Å²) >= 11 is 0. The van der Waals surface area contributed by atoms with Gasteiger partial charge in [0.05, 0.1) is 23.6 Å². The van der Waals surface area contributed by atoms with Crippen LogP contribution >= 0.6 is 0 Å². The van der Waals surface area contributed by atoms with Crippen LogP contribution in [0.5, 0.6) is 0 Å². The molecule has 1 aromatic carbocycles. The van der Waals surface area contributed by atoms with Crippen LogP contribution in [-0.4, -0.2) is 4.98 Å². The predicted octanol–water partition coefficient (Wildman–Crippen LogP) is 2.64. The van der Waals surface area contributed by atoms with Crippen LogP contribution in [0.2, 0.25) is 0 Å². The van der Waals surface area contributed by atoms with Crippen LogP contribution in [0.3, 0.4) is 0 Å². The molecule has 0 saturated heterocycles. The summed E-state index contributed by atoms with van der Waals surface area (Å²) in [6.07, 6.45) is 1.72. The molecule has 0 amide bonds. The lowest BCUT2D eigenvalue weighted by atomic mass is 10.1. The summed E-state index contributed by atoms with van der Waals surface area (Å²) in [4.78, 5) is 4.04. The molecule has 2 aromatic rings. The second-order valence-corrected chi connectivity index (χ2v) is 3.16. The van der Waals surface area contributed by atoms with E-state index in [1.165, 1.54) is 6.07 Å². The molecule has 16 heavy (non-hydrogen) atoms. The fraction of sp³-hybridized carbons (Fsp3) is 0.0769. The Morgan fingerprint density at radius 1 is 1.38 bits per heavy atom. The van der Waals surface area contributed by atoms with E-state index in [0.717, 1.165) is 5.39 Å². The molecular weight excluding hydrogens is 203 g/mol. The maximum absolute atomic E-state index is 13.5. The maximum Gasteiger partial charge on any atom is 0.141 e. The third kappa shape index (κ3) is 1.99. The molecule has 0 saturated carbocycles. The average Bonchev–Trinajstić information content (AvgIpc) is 2.30. The lowest BCUT2D eigenvalue weighted by molar-refractivity contribution is 0.626. The van der Waals surface area contributed by atoms with Crippen molar-refractivity contribution in [2.75, 3.05) is 0 Å². The van der Waals surface area contributed by atoms with Crippen molar-refractivity contribution in [3.05, 3.63) is 41.8 Å². The molecule has 0 aliphatic rings. The number of rotatable bonds is 0. The predicted molar refractivity (Wildman–Crippen MR) is 58.8 cm³/mol. The number of pyridine rings is 1. The maximum atomic E-state index is 13.5. The Labute approximate surface area is 92.3 Å². The lowest BCUT2D eigenvalue weighted by Crippen LogP contribution is -1.86. The minimum atomic E-state index is -0.406. The van der Waals surface area contributed by atoms with Crippen LogP contribution in [0, 0.1) is 29.0 Å². The number of hydrogen-bond donors (Lipinski definition) is 0. The Balaban J connectivity index is 2.52. The second kappa shape index (κ2) is 4.42. The van der Waals surface area contributed by atoms with E-state index in [0.29, 0.717) is 11.1 Å². The topological polar surface area (TPSA) is 36.7 Å². The Hall–Kier alpha value is -2.39. The first-order chi connectivity index (χ1) is 7.81. The highest BCUT2D eigenvalue weighted by atomic mass is 19.1. The highest BCUT2D eigenvalue weighted by Crippen LogP contribution is 2.16. The summed E-state index contributed by atoms with van der Waals surface area (Å²) in [7, 11) is 0. The zero-order valence-electron chi connectivity index (χ0n) is 8.37. The number of benzene rings is 1. The van der Waals surface area contributed by atoms with Gasteiger partial charge in [-0.15, -0.1) is 0 Å². The van der Waals surface area contributed by atoms with Crippen LogP contribution in [0.15, 0.2) is 30.5 Å². The Morgan fingerprint density at radius 3 is 3.06 bits per heavy atom. The number of fused-ring (bicyclic) bond motifs is 1. The number of halogens is 1. The minimum Gasteiger partial charge on any atom is -0.256 e. The summed E-state index contributed by atoms with van der Waals surface area (Å²) in [5.74, 6) is 4.81. The Bertz CT molecular complexity index is 630. The highest BCUT2D eigenvalue weighted by Gasteiger charge is 2.02. The van der Waals surface area contributed by atoms with Crippen molar-refractivity contribution in [3.63, 3.8) is 0 Å². The summed E-state index contributed by atoms with van der Waals surface area (Å²) in [5.41, 5.74) is 0.904. The average molecular weight is 210 g/mol. The van der Waals surface area contributed by atoms with Gasteiger partial charge in [-0.1, -0.05) is 17.9 Å². The SMILES string of the molecule is N#CCC#Cc1cc2cccnc2cc1F. The quantitative estimate of drug-likeness (QED) is 0.627. The molecule has 0 spiro atoms. The van der Waals surface area contributed by atoms with E-state index >= 15 is 0 Å². The standard InChI is InChI=1S/C13H7FN2/c14-12-9-13-11(5-3-7-16-13)8-10(12)4-1-2-6-15/h3,5,7-9H,2H2. The molecular formula is C13H7FN2. The van der Waals surface area contributed by atoms with Crippen LogP contribution in [0.25, 0.3) is 10.9 Å². The molecule has 1 heterocycles. The van der Waals surface area contributed by atoms with E-state index in [1.54, 1.807) is 18.3 Å². The van der Waals surface area contributed by atoms with Gasteiger partial charge >= 0.3 is 0 Å². The smallest absolute Gasteiger partial charge is 0.141 e. The summed E-state index contributed by atoms with van der Waals surface area (Å²) in [5, 5.41) is 9.17. The van der Waals surface area contributed by atoms with Gasteiger partial charge in [0.15, 0.2) is 0 Å². The normalized spacial score (nSPS) is 9.25. The summed E-state index contributed by atoms with van der Waals surface area (Å²) < 4.78 is 13.5. The van der Waals surface area contributed by atoms with Crippen molar-refractivity contribution in [3.8, 4) is 17.9 Å². The Morgan fingerprint density at radius 2 is 2.25 bits per heavy atom. The molecule has 76 valence electrons. The third-order valence-corrected chi connectivity index (χ3v) is 2.08. The van der Waals surface area contributed by atoms with E-state index in [4.69, 9.17) is 5.26 Å². The lowest BCUT2D eigenvalue weighted by Gasteiger charge is -1.98. The van der Waals surface area contributed by atoms with E-state index in [2.05, 4.69) is 16.8 Å². The number of nitriles is 1. The number of hydrogen-bond acceptors (Lipinski definition) is 2. The molecule has 2 rings (SSSR count). The van der Waals surface area contributed by atoms with Crippen molar-refractivity contribution in [2.24, 2.45) is 0 Å². The molecule has 3 heteroatoms. The molecule has 0 fully saturated rings. The first kappa shape index (κ1) is 10.1. The molecule has 0 atom stereocenters. The van der Waals surface area contributed by atoms with Gasteiger partial charge in [-0.3, -0.25) is 4.98 Å².